The zero-order valence-corrected chi connectivity index (χ0v) is 11.3. The van der Waals surface area contributed by atoms with Crippen molar-refractivity contribution >= 4 is 46.2 Å². The molecule has 94 valence electrons. The fourth-order valence-electron chi connectivity index (χ4n) is 1.05. The number of rotatable bonds is 5. The summed E-state index contributed by atoms with van der Waals surface area (Å²) in [6.45, 7) is 0.755. The first-order valence-corrected chi connectivity index (χ1v) is 6.15. The lowest BCUT2D eigenvalue weighted by molar-refractivity contribution is 0.285. The molecule has 0 aliphatic rings. The smallest absolute Gasteiger partial charge is 0.185 e. The van der Waals surface area contributed by atoms with E-state index < -0.39 is 0 Å². The normalized spacial score (nSPS) is 10.1. The summed E-state index contributed by atoms with van der Waals surface area (Å²) in [5.41, 5.74) is 6.31. The Bertz CT molecular complexity index is 390. The Kier molecular flexibility index (Phi) is 6.54. The molecule has 4 nitrogen and oxygen atoms in total. The fourth-order valence-corrected chi connectivity index (χ4v) is 1.69. The van der Waals surface area contributed by atoms with Crippen molar-refractivity contribution in [1.29, 1.82) is 0 Å². The number of aliphatic hydroxyl groups excluding tert-OH is 1. The Balaban J connectivity index is 2.40. The van der Waals surface area contributed by atoms with Gasteiger partial charge in [0.05, 0.1) is 10.7 Å². The molecule has 0 bridgehead atoms. The molecule has 7 heteroatoms. The van der Waals surface area contributed by atoms with Gasteiger partial charge in [0, 0.05) is 18.2 Å². The highest BCUT2D eigenvalue weighted by molar-refractivity contribution is 7.80. The molecule has 0 amide bonds. The fraction of sp³-hybridized carbons (Fsp3) is 0.300. The summed E-state index contributed by atoms with van der Waals surface area (Å²) in [4.78, 5) is 0. The van der Waals surface area contributed by atoms with E-state index in [4.69, 9.17) is 40.5 Å². The quantitative estimate of drug-likeness (QED) is 0.381. The van der Waals surface area contributed by atoms with E-state index in [0.29, 0.717) is 33.8 Å². The second-order valence-electron chi connectivity index (χ2n) is 3.21. The van der Waals surface area contributed by atoms with Crippen LogP contribution in [0.15, 0.2) is 18.2 Å². The molecule has 0 heterocycles. The van der Waals surface area contributed by atoms with Crippen molar-refractivity contribution in [3.63, 3.8) is 0 Å². The third-order valence-electron chi connectivity index (χ3n) is 1.84. The number of aliphatic hydroxyl groups is 1. The van der Waals surface area contributed by atoms with Gasteiger partial charge in [0.2, 0.25) is 0 Å². The van der Waals surface area contributed by atoms with E-state index in [1.165, 1.54) is 0 Å². The molecule has 1 rings (SSSR count). The molecule has 0 aliphatic carbocycles. The van der Waals surface area contributed by atoms with Crippen LogP contribution in [0.25, 0.3) is 0 Å². The number of benzene rings is 1. The average molecular weight is 294 g/mol. The highest BCUT2D eigenvalue weighted by Gasteiger charge is 2.02. The summed E-state index contributed by atoms with van der Waals surface area (Å²) in [6, 6.07) is 5.09. The molecule has 0 fully saturated rings. The van der Waals surface area contributed by atoms with E-state index in [2.05, 4.69) is 16.2 Å². The monoisotopic (exact) mass is 293 g/mol. The standard InChI is InChI=1S/C10H13Cl2N3OS/c11-7-2-3-9(8(12)6-7)14-10(17)15-13-4-1-5-16/h2-3,6,13,16H,1,4-5H2,(H2,14,15,17). The number of hydrazine groups is 1. The molecular weight excluding hydrogens is 281 g/mol. The predicted octanol–water partition coefficient (Wildman–Crippen LogP) is 2.17. The minimum Gasteiger partial charge on any atom is -0.396 e. The van der Waals surface area contributed by atoms with Crippen molar-refractivity contribution < 1.29 is 5.11 Å². The molecule has 0 spiro atoms. The van der Waals surface area contributed by atoms with Crippen LogP contribution in [0.1, 0.15) is 6.42 Å². The summed E-state index contributed by atoms with van der Waals surface area (Å²) in [7, 11) is 0. The van der Waals surface area contributed by atoms with E-state index in [1.807, 2.05) is 0 Å². The third-order valence-corrected chi connectivity index (χ3v) is 2.59. The van der Waals surface area contributed by atoms with Gasteiger partial charge in [0.1, 0.15) is 0 Å². The maximum absolute atomic E-state index is 8.58. The minimum absolute atomic E-state index is 0.137. The summed E-state index contributed by atoms with van der Waals surface area (Å²) in [5.74, 6) is 0. The van der Waals surface area contributed by atoms with Gasteiger partial charge in [-0.3, -0.25) is 5.43 Å². The summed E-state index contributed by atoms with van der Waals surface area (Å²) in [5, 5.41) is 13.0. The number of nitrogens with one attached hydrogen (secondary N) is 3. The number of thiocarbonyl (C=S) groups is 1. The van der Waals surface area contributed by atoms with Crippen molar-refractivity contribution in [3.8, 4) is 0 Å². The Morgan fingerprint density at radius 1 is 1.35 bits per heavy atom. The van der Waals surface area contributed by atoms with Crippen LogP contribution in [-0.4, -0.2) is 23.4 Å². The van der Waals surface area contributed by atoms with Gasteiger partial charge < -0.3 is 10.4 Å². The van der Waals surface area contributed by atoms with Crippen LogP contribution in [0.5, 0.6) is 0 Å². The average Bonchev–Trinajstić information content (AvgIpc) is 2.28. The van der Waals surface area contributed by atoms with Gasteiger partial charge in [0.25, 0.3) is 0 Å². The van der Waals surface area contributed by atoms with Crippen LogP contribution in [0, 0.1) is 0 Å². The van der Waals surface area contributed by atoms with Gasteiger partial charge >= 0.3 is 0 Å². The molecule has 1 aromatic carbocycles. The highest BCUT2D eigenvalue weighted by atomic mass is 35.5. The van der Waals surface area contributed by atoms with E-state index in [-0.39, 0.29) is 6.61 Å². The number of anilines is 1. The number of hydrogen-bond donors (Lipinski definition) is 4. The van der Waals surface area contributed by atoms with Crippen molar-refractivity contribution in [2.24, 2.45) is 0 Å². The van der Waals surface area contributed by atoms with Gasteiger partial charge in [-0.25, -0.2) is 5.43 Å². The Hall–Kier alpha value is -0.590. The summed E-state index contributed by atoms with van der Waals surface area (Å²) < 4.78 is 0. The Labute approximate surface area is 115 Å². The number of hydrogen-bond acceptors (Lipinski definition) is 3. The van der Waals surface area contributed by atoms with Crippen LogP contribution < -0.4 is 16.2 Å². The van der Waals surface area contributed by atoms with Crippen molar-refractivity contribution in [3.05, 3.63) is 28.2 Å². The predicted molar refractivity (Wildman–Crippen MR) is 75.5 cm³/mol. The van der Waals surface area contributed by atoms with Crippen LogP contribution in [-0.2, 0) is 0 Å². The lowest BCUT2D eigenvalue weighted by Crippen LogP contribution is -2.40. The molecule has 0 aliphatic heterocycles. The first kappa shape index (κ1) is 14.5. The lowest BCUT2D eigenvalue weighted by Gasteiger charge is -2.12. The summed E-state index contributed by atoms with van der Waals surface area (Å²) in [6.07, 6.45) is 0.650. The van der Waals surface area contributed by atoms with E-state index in [0.717, 1.165) is 0 Å². The largest absolute Gasteiger partial charge is 0.396 e. The SMILES string of the molecule is OCCCNNC(=S)Nc1ccc(Cl)cc1Cl. The van der Waals surface area contributed by atoms with Crippen LogP contribution in [0.2, 0.25) is 10.0 Å². The van der Waals surface area contributed by atoms with Gasteiger partial charge in [-0.1, -0.05) is 23.2 Å². The van der Waals surface area contributed by atoms with Crippen molar-refractivity contribution in [1.82, 2.24) is 10.9 Å². The molecule has 0 aromatic heterocycles. The topological polar surface area (TPSA) is 56.3 Å². The maximum Gasteiger partial charge on any atom is 0.185 e. The molecule has 17 heavy (non-hydrogen) atoms. The molecule has 0 saturated heterocycles. The molecular formula is C10H13Cl2N3OS. The van der Waals surface area contributed by atoms with Gasteiger partial charge in [0.15, 0.2) is 5.11 Å². The van der Waals surface area contributed by atoms with Crippen molar-refractivity contribution in [2.45, 2.75) is 6.42 Å². The molecule has 4 N–H and O–H groups in total. The zero-order chi connectivity index (χ0) is 12.7. The zero-order valence-electron chi connectivity index (χ0n) is 8.96. The molecule has 0 radical (unpaired) electrons. The molecule has 0 unspecified atom stereocenters. The minimum atomic E-state index is 0.137. The summed E-state index contributed by atoms with van der Waals surface area (Å²) >= 11 is 16.8. The second kappa shape index (κ2) is 7.68. The highest BCUT2D eigenvalue weighted by Crippen LogP contribution is 2.25. The van der Waals surface area contributed by atoms with Gasteiger partial charge in [-0.05, 0) is 36.8 Å². The first-order chi connectivity index (χ1) is 8.13. The maximum atomic E-state index is 8.58. The number of halogens is 2. The van der Waals surface area contributed by atoms with Crippen LogP contribution >= 0.6 is 35.4 Å². The molecule has 0 saturated carbocycles. The second-order valence-corrected chi connectivity index (χ2v) is 4.46. The van der Waals surface area contributed by atoms with Crippen LogP contribution in [0.4, 0.5) is 5.69 Å². The third kappa shape index (κ3) is 5.52. The molecule has 1 aromatic rings. The Morgan fingerprint density at radius 3 is 2.76 bits per heavy atom. The van der Waals surface area contributed by atoms with E-state index in [9.17, 15) is 0 Å². The Morgan fingerprint density at radius 2 is 2.12 bits per heavy atom. The van der Waals surface area contributed by atoms with Gasteiger partial charge in [-0.15, -0.1) is 0 Å². The van der Waals surface area contributed by atoms with E-state index >= 15 is 0 Å². The molecule has 0 atom stereocenters. The van der Waals surface area contributed by atoms with Crippen molar-refractivity contribution in [2.75, 3.05) is 18.5 Å². The van der Waals surface area contributed by atoms with Gasteiger partial charge in [-0.2, -0.15) is 0 Å². The first-order valence-electron chi connectivity index (χ1n) is 4.99. The lowest BCUT2D eigenvalue weighted by atomic mass is 10.3. The van der Waals surface area contributed by atoms with E-state index in [1.54, 1.807) is 18.2 Å². The van der Waals surface area contributed by atoms with Crippen LogP contribution in [0.3, 0.4) is 0 Å².